The maximum absolute atomic E-state index is 13.7. The molecule has 0 atom stereocenters. The number of ether oxygens (including phenoxy) is 1. The number of methoxy groups -OCH3 is 1. The van der Waals surface area contributed by atoms with Crippen LogP contribution < -0.4 is 0 Å². The van der Waals surface area contributed by atoms with Gasteiger partial charge < -0.3 is 9.64 Å². The van der Waals surface area contributed by atoms with Crippen LogP contribution in [0.15, 0.2) is 59.5 Å². The molecule has 3 rings (SSSR count). The van der Waals surface area contributed by atoms with Crippen LogP contribution in [0.1, 0.15) is 31.7 Å². The number of piperidine rings is 1. The minimum atomic E-state index is -3.64. The van der Waals surface area contributed by atoms with Gasteiger partial charge in [-0.2, -0.15) is 8.61 Å². The Bertz CT molecular complexity index is 1250. The molecule has 9 nitrogen and oxygen atoms in total. The zero-order valence-electron chi connectivity index (χ0n) is 21.8. The van der Waals surface area contributed by atoms with E-state index in [9.17, 15) is 21.6 Å². The highest BCUT2D eigenvalue weighted by Crippen LogP contribution is 2.25. The number of hydrogen-bond acceptors (Lipinski definition) is 6. The number of sulfonamides is 2. The fourth-order valence-corrected chi connectivity index (χ4v) is 7.53. The second-order valence-electron chi connectivity index (χ2n) is 9.24. The minimum Gasteiger partial charge on any atom is -0.383 e. The van der Waals surface area contributed by atoms with Gasteiger partial charge in [-0.25, -0.2) is 16.8 Å². The van der Waals surface area contributed by atoms with Crippen molar-refractivity contribution < 1.29 is 26.4 Å². The molecule has 1 saturated heterocycles. The third kappa shape index (κ3) is 8.00. The van der Waals surface area contributed by atoms with E-state index < -0.39 is 20.0 Å². The van der Waals surface area contributed by atoms with Gasteiger partial charge in [0.1, 0.15) is 0 Å². The quantitative estimate of drug-likeness (QED) is 0.357. The van der Waals surface area contributed by atoms with Crippen LogP contribution in [0.3, 0.4) is 0 Å². The van der Waals surface area contributed by atoms with Gasteiger partial charge in [0.15, 0.2) is 0 Å². The Balaban J connectivity index is 1.80. The van der Waals surface area contributed by atoms with Gasteiger partial charge in [-0.1, -0.05) is 48.9 Å². The van der Waals surface area contributed by atoms with Gasteiger partial charge >= 0.3 is 0 Å². The highest BCUT2D eigenvalue weighted by molar-refractivity contribution is 7.89. The Hall–Kier alpha value is -2.02. The molecule has 0 saturated carbocycles. The number of carbonyl (C=O) groups excluding carboxylic acids is 1. The SMILES string of the molecule is CCCS(=O)(=O)N(CCOC)CC(=O)N(Cc1ccc(Cl)cc1)C1CCN(S(=O)(=O)c2ccccc2)CC1. The summed E-state index contributed by atoms with van der Waals surface area (Å²) in [4.78, 5) is 15.6. The van der Waals surface area contributed by atoms with Crippen molar-refractivity contribution in [3.05, 3.63) is 65.2 Å². The fourth-order valence-electron chi connectivity index (χ4n) is 4.48. The number of hydrogen-bond donors (Lipinski definition) is 0. The summed E-state index contributed by atoms with van der Waals surface area (Å²) in [5, 5.41) is 0.572. The molecule has 210 valence electrons. The Kier molecular flexibility index (Phi) is 11.1. The van der Waals surface area contributed by atoms with Crippen LogP contribution in [0.2, 0.25) is 5.02 Å². The molecule has 0 aromatic heterocycles. The summed E-state index contributed by atoms with van der Waals surface area (Å²) in [7, 11) is -5.79. The normalized spacial score (nSPS) is 15.6. The van der Waals surface area contributed by atoms with Crippen molar-refractivity contribution >= 4 is 37.6 Å². The first-order chi connectivity index (χ1) is 18.1. The molecule has 1 aliphatic rings. The Morgan fingerprint density at radius 3 is 2.24 bits per heavy atom. The third-order valence-corrected chi connectivity index (χ3v) is 10.7. The fraction of sp³-hybridized carbons (Fsp3) is 0.500. The summed E-state index contributed by atoms with van der Waals surface area (Å²) in [6.45, 7) is 2.50. The molecular formula is C26H36ClN3O6S2. The lowest BCUT2D eigenvalue weighted by molar-refractivity contribution is -0.135. The van der Waals surface area contributed by atoms with Gasteiger partial charge in [0.2, 0.25) is 26.0 Å². The van der Waals surface area contributed by atoms with Crippen molar-refractivity contribution in [2.75, 3.05) is 45.6 Å². The lowest BCUT2D eigenvalue weighted by Gasteiger charge is -2.39. The molecule has 1 heterocycles. The lowest BCUT2D eigenvalue weighted by Crippen LogP contribution is -2.51. The predicted octanol–water partition coefficient (Wildman–Crippen LogP) is 3.21. The average molecular weight is 586 g/mol. The maximum atomic E-state index is 13.7. The van der Waals surface area contributed by atoms with Crippen molar-refractivity contribution in [3.63, 3.8) is 0 Å². The molecule has 2 aromatic rings. The van der Waals surface area contributed by atoms with Crippen molar-refractivity contribution in [1.29, 1.82) is 0 Å². The molecule has 1 amide bonds. The third-order valence-electron chi connectivity index (χ3n) is 6.54. The van der Waals surface area contributed by atoms with Gasteiger partial charge in [-0.15, -0.1) is 0 Å². The molecule has 0 aliphatic carbocycles. The Morgan fingerprint density at radius 2 is 1.66 bits per heavy atom. The van der Waals surface area contributed by atoms with Crippen molar-refractivity contribution in [2.45, 2.75) is 43.7 Å². The average Bonchev–Trinajstić information content (AvgIpc) is 2.91. The van der Waals surface area contributed by atoms with Crippen LogP contribution in [0.5, 0.6) is 0 Å². The maximum Gasteiger partial charge on any atom is 0.243 e. The van der Waals surface area contributed by atoms with E-state index in [1.165, 1.54) is 15.7 Å². The van der Waals surface area contributed by atoms with Crippen molar-refractivity contribution in [2.24, 2.45) is 0 Å². The Labute approximate surface area is 231 Å². The highest BCUT2D eigenvalue weighted by Gasteiger charge is 2.35. The zero-order valence-corrected chi connectivity index (χ0v) is 24.2. The molecule has 0 N–H and O–H groups in total. The summed E-state index contributed by atoms with van der Waals surface area (Å²) in [6, 6.07) is 15.2. The molecule has 38 heavy (non-hydrogen) atoms. The number of benzene rings is 2. The molecule has 2 aromatic carbocycles. The van der Waals surface area contributed by atoms with E-state index in [4.69, 9.17) is 16.3 Å². The van der Waals surface area contributed by atoms with E-state index in [1.807, 2.05) is 12.1 Å². The van der Waals surface area contributed by atoms with Gasteiger partial charge in [0.05, 0.1) is 23.8 Å². The summed E-state index contributed by atoms with van der Waals surface area (Å²) in [5.41, 5.74) is 0.849. The Morgan fingerprint density at radius 1 is 1.03 bits per heavy atom. The second kappa shape index (κ2) is 13.9. The van der Waals surface area contributed by atoms with Crippen LogP contribution >= 0.6 is 11.6 Å². The van der Waals surface area contributed by atoms with Gasteiger partial charge in [-0.05, 0) is 49.1 Å². The first kappa shape index (κ1) is 30.5. The molecule has 0 bridgehead atoms. The molecular weight excluding hydrogens is 550 g/mol. The van der Waals surface area contributed by atoms with E-state index in [0.717, 1.165) is 5.56 Å². The largest absolute Gasteiger partial charge is 0.383 e. The van der Waals surface area contributed by atoms with Crippen LogP contribution in [-0.2, 0) is 36.1 Å². The number of nitrogens with zero attached hydrogens (tertiary/aromatic N) is 3. The molecule has 0 radical (unpaired) electrons. The molecule has 12 heteroatoms. The summed E-state index contributed by atoms with van der Waals surface area (Å²) < 4.78 is 59.6. The van der Waals surface area contributed by atoms with Crippen molar-refractivity contribution in [1.82, 2.24) is 13.5 Å². The second-order valence-corrected chi connectivity index (χ2v) is 13.7. The van der Waals surface area contributed by atoms with Gasteiger partial charge in [0.25, 0.3) is 0 Å². The van der Waals surface area contributed by atoms with Crippen LogP contribution in [0, 0.1) is 0 Å². The summed E-state index contributed by atoms with van der Waals surface area (Å²) >= 11 is 6.04. The number of rotatable bonds is 13. The summed E-state index contributed by atoms with van der Waals surface area (Å²) in [5.74, 6) is -0.392. The van der Waals surface area contributed by atoms with E-state index in [1.54, 1.807) is 54.3 Å². The first-order valence-electron chi connectivity index (χ1n) is 12.6. The van der Waals surface area contributed by atoms with Crippen LogP contribution in [0.4, 0.5) is 0 Å². The predicted molar refractivity (Wildman–Crippen MR) is 148 cm³/mol. The molecule has 1 aliphatic heterocycles. The van der Waals surface area contributed by atoms with Gasteiger partial charge in [0, 0.05) is 44.4 Å². The molecule has 0 unspecified atom stereocenters. The van der Waals surface area contributed by atoms with E-state index >= 15 is 0 Å². The lowest BCUT2D eigenvalue weighted by atomic mass is 10.0. The number of halogens is 1. The standard InChI is InChI=1S/C26H36ClN3O6S2/c1-3-19-37(32,33)29(17-18-36-2)21-26(31)30(20-22-9-11-23(27)12-10-22)24-13-15-28(16-14-24)38(34,35)25-7-5-4-6-8-25/h4-12,24H,3,13-21H2,1-2H3. The topological polar surface area (TPSA) is 104 Å². The number of amides is 1. The zero-order chi connectivity index (χ0) is 27.8. The van der Waals surface area contributed by atoms with Crippen LogP contribution in [-0.4, -0.2) is 87.9 Å². The van der Waals surface area contributed by atoms with Crippen LogP contribution in [0.25, 0.3) is 0 Å². The van der Waals surface area contributed by atoms with E-state index in [-0.39, 0.29) is 61.9 Å². The van der Waals surface area contributed by atoms with Crippen molar-refractivity contribution in [3.8, 4) is 0 Å². The van der Waals surface area contributed by atoms with E-state index in [0.29, 0.717) is 24.3 Å². The highest BCUT2D eigenvalue weighted by atomic mass is 35.5. The van der Waals surface area contributed by atoms with E-state index in [2.05, 4.69) is 0 Å². The monoisotopic (exact) mass is 585 g/mol. The molecule has 0 spiro atoms. The number of carbonyl (C=O) groups is 1. The summed E-state index contributed by atoms with van der Waals surface area (Å²) in [6.07, 6.45) is 1.30. The smallest absolute Gasteiger partial charge is 0.243 e. The minimum absolute atomic E-state index is 0.0586. The first-order valence-corrected chi connectivity index (χ1v) is 16.1. The van der Waals surface area contributed by atoms with Gasteiger partial charge in [-0.3, -0.25) is 4.79 Å². The molecule has 1 fully saturated rings.